The van der Waals surface area contributed by atoms with E-state index in [4.69, 9.17) is 15.2 Å². The average Bonchev–Trinajstić information content (AvgIpc) is 2.45. The fourth-order valence-electron chi connectivity index (χ4n) is 1.90. The van der Waals surface area contributed by atoms with Gasteiger partial charge in [0.05, 0.1) is 12.3 Å². The summed E-state index contributed by atoms with van der Waals surface area (Å²) in [7, 11) is 0. The molecule has 0 spiro atoms. The summed E-state index contributed by atoms with van der Waals surface area (Å²) in [5.74, 6) is 0.0900. The van der Waals surface area contributed by atoms with Gasteiger partial charge >= 0.3 is 0 Å². The topological polar surface area (TPSA) is 44.5 Å². The van der Waals surface area contributed by atoms with Gasteiger partial charge in [-0.3, -0.25) is 0 Å². The Morgan fingerprint density at radius 2 is 1.85 bits per heavy atom. The number of nitrogens with two attached hydrogens (primary N) is 1. The van der Waals surface area contributed by atoms with Gasteiger partial charge in [0.2, 0.25) is 0 Å². The normalized spacial score (nSPS) is 11.9. The summed E-state index contributed by atoms with van der Waals surface area (Å²) < 4.78 is 24.6. The minimum atomic E-state index is -0.482. The van der Waals surface area contributed by atoms with Crippen molar-refractivity contribution >= 4 is 5.69 Å². The molecule has 0 fully saturated rings. The van der Waals surface area contributed by atoms with Crippen LogP contribution in [0.3, 0.4) is 0 Å². The van der Waals surface area contributed by atoms with E-state index >= 15 is 0 Å². The van der Waals surface area contributed by atoms with E-state index in [9.17, 15) is 4.39 Å². The Hall–Kier alpha value is -2.23. The largest absolute Gasteiger partial charge is 0.491 e. The molecule has 0 aromatic heterocycles. The molecule has 0 bridgehead atoms. The molecule has 3 nitrogen and oxygen atoms in total. The molecule has 2 rings (SSSR count). The van der Waals surface area contributed by atoms with Crippen molar-refractivity contribution in [3.8, 4) is 11.5 Å². The maximum absolute atomic E-state index is 13.6. The molecule has 2 aromatic rings. The van der Waals surface area contributed by atoms with Gasteiger partial charge in [-0.15, -0.1) is 0 Å². The first-order valence-corrected chi connectivity index (χ1v) is 6.55. The number of ether oxygens (including phenoxy) is 2. The summed E-state index contributed by atoms with van der Waals surface area (Å²) >= 11 is 0. The highest BCUT2D eigenvalue weighted by atomic mass is 19.1. The zero-order chi connectivity index (χ0) is 14.5. The van der Waals surface area contributed by atoms with Crippen LogP contribution in [0.25, 0.3) is 0 Å². The van der Waals surface area contributed by atoms with Crippen molar-refractivity contribution in [3.05, 3.63) is 53.8 Å². The van der Waals surface area contributed by atoms with Crippen molar-refractivity contribution in [3.63, 3.8) is 0 Å². The fourth-order valence-corrected chi connectivity index (χ4v) is 1.90. The number of rotatable bonds is 5. The molecule has 0 saturated carbocycles. The first-order chi connectivity index (χ1) is 9.61. The maximum atomic E-state index is 13.6. The first kappa shape index (κ1) is 14.2. The van der Waals surface area contributed by atoms with Crippen molar-refractivity contribution in [2.24, 2.45) is 0 Å². The fraction of sp³-hybridized carbons (Fsp3) is 0.250. The smallest absolute Gasteiger partial charge is 0.167 e. The van der Waals surface area contributed by atoms with Crippen LogP contribution >= 0.6 is 0 Å². The van der Waals surface area contributed by atoms with Crippen LogP contribution in [0.1, 0.15) is 25.5 Å². The second kappa shape index (κ2) is 6.28. The van der Waals surface area contributed by atoms with E-state index in [0.29, 0.717) is 12.4 Å². The summed E-state index contributed by atoms with van der Waals surface area (Å²) in [4.78, 5) is 0. The van der Waals surface area contributed by atoms with Crippen LogP contribution in [0.5, 0.6) is 11.5 Å². The Morgan fingerprint density at radius 3 is 2.50 bits per heavy atom. The second-order valence-corrected chi connectivity index (χ2v) is 4.42. The molecule has 106 valence electrons. The number of anilines is 1. The molecule has 0 saturated heterocycles. The van der Waals surface area contributed by atoms with E-state index in [1.54, 1.807) is 6.92 Å². The molecule has 0 heterocycles. The Kier molecular flexibility index (Phi) is 4.45. The SMILES string of the molecule is CCOc1cc(OC(C)c2ccccc2)c(N)cc1F. The Balaban J connectivity index is 2.22. The van der Waals surface area contributed by atoms with Crippen molar-refractivity contribution in [2.45, 2.75) is 20.0 Å². The molecule has 0 amide bonds. The molecule has 0 aliphatic rings. The maximum Gasteiger partial charge on any atom is 0.167 e. The number of hydrogen-bond acceptors (Lipinski definition) is 3. The highest BCUT2D eigenvalue weighted by Gasteiger charge is 2.13. The molecule has 0 aliphatic heterocycles. The van der Waals surface area contributed by atoms with Gasteiger partial charge in [-0.1, -0.05) is 30.3 Å². The summed E-state index contributed by atoms with van der Waals surface area (Å²) in [6, 6.07) is 12.5. The van der Waals surface area contributed by atoms with Crippen LogP contribution in [0.15, 0.2) is 42.5 Å². The van der Waals surface area contributed by atoms with E-state index in [0.717, 1.165) is 5.56 Å². The Bertz CT molecular complexity index is 572. The van der Waals surface area contributed by atoms with Crippen LogP contribution in [-0.2, 0) is 0 Å². The molecule has 20 heavy (non-hydrogen) atoms. The Labute approximate surface area is 118 Å². The van der Waals surface area contributed by atoms with Crippen LogP contribution < -0.4 is 15.2 Å². The van der Waals surface area contributed by atoms with Crippen LogP contribution in [0.2, 0.25) is 0 Å². The van der Waals surface area contributed by atoms with E-state index in [2.05, 4.69) is 0 Å². The van der Waals surface area contributed by atoms with Gasteiger partial charge < -0.3 is 15.2 Å². The zero-order valence-corrected chi connectivity index (χ0v) is 11.6. The molecule has 1 unspecified atom stereocenters. The first-order valence-electron chi connectivity index (χ1n) is 6.55. The van der Waals surface area contributed by atoms with Gasteiger partial charge in [0.15, 0.2) is 11.6 Å². The molecule has 0 radical (unpaired) electrons. The standard InChI is InChI=1S/C16H18FNO2/c1-3-19-15-10-16(14(18)9-13(15)17)20-11(2)12-7-5-4-6-8-12/h4-11H,3,18H2,1-2H3. The second-order valence-electron chi connectivity index (χ2n) is 4.42. The van der Waals surface area contributed by atoms with Crippen molar-refractivity contribution in [1.29, 1.82) is 0 Å². The highest BCUT2D eigenvalue weighted by molar-refractivity contribution is 5.56. The summed E-state index contributed by atoms with van der Waals surface area (Å²) in [6.07, 6.45) is -0.182. The number of nitrogen functional groups attached to an aromatic ring is 1. The van der Waals surface area contributed by atoms with Crippen molar-refractivity contribution in [2.75, 3.05) is 12.3 Å². The van der Waals surface area contributed by atoms with Crippen LogP contribution in [-0.4, -0.2) is 6.61 Å². The third kappa shape index (κ3) is 3.20. The molecule has 0 aliphatic carbocycles. The lowest BCUT2D eigenvalue weighted by molar-refractivity contribution is 0.226. The van der Waals surface area contributed by atoms with Crippen molar-refractivity contribution < 1.29 is 13.9 Å². The van der Waals surface area contributed by atoms with Gasteiger partial charge in [-0.2, -0.15) is 0 Å². The quantitative estimate of drug-likeness (QED) is 0.840. The lowest BCUT2D eigenvalue weighted by Gasteiger charge is -2.17. The highest BCUT2D eigenvalue weighted by Crippen LogP contribution is 2.33. The average molecular weight is 275 g/mol. The molecular formula is C16H18FNO2. The van der Waals surface area contributed by atoms with E-state index in [1.165, 1.54) is 12.1 Å². The minimum absolute atomic E-state index is 0.150. The number of benzene rings is 2. The van der Waals surface area contributed by atoms with Crippen LogP contribution in [0.4, 0.5) is 10.1 Å². The lowest BCUT2D eigenvalue weighted by atomic mass is 10.1. The number of halogens is 1. The minimum Gasteiger partial charge on any atom is -0.491 e. The molecule has 1 atom stereocenters. The molecular weight excluding hydrogens is 257 g/mol. The Morgan fingerprint density at radius 1 is 1.15 bits per heavy atom. The van der Waals surface area contributed by atoms with Gasteiger partial charge in [0.1, 0.15) is 11.9 Å². The van der Waals surface area contributed by atoms with Crippen molar-refractivity contribution in [1.82, 2.24) is 0 Å². The van der Waals surface area contributed by atoms with Gasteiger partial charge in [0.25, 0.3) is 0 Å². The van der Waals surface area contributed by atoms with E-state index < -0.39 is 5.82 Å². The third-order valence-electron chi connectivity index (χ3n) is 2.94. The zero-order valence-electron chi connectivity index (χ0n) is 11.6. The van der Waals surface area contributed by atoms with Crippen LogP contribution in [0, 0.1) is 5.82 Å². The monoisotopic (exact) mass is 275 g/mol. The predicted molar refractivity (Wildman–Crippen MR) is 77.5 cm³/mol. The summed E-state index contributed by atoms with van der Waals surface area (Å²) in [5, 5.41) is 0. The number of hydrogen-bond donors (Lipinski definition) is 1. The van der Waals surface area contributed by atoms with Gasteiger partial charge in [0, 0.05) is 12.1 Å². The lowest BCUT2D eigenvalue weighted by Crippen LogP contribution is -2.06. The summed E-state index contributed by atoms with van der Waals surface area (Å²) in [5.41, 5.74) is 7.07. The third-order valence-corrected chi connectivity index (χ3v) is 2.94. The van der Waals surface area contributed by atoms with E-state index in [1.807, 2.05) is 37.3 Å². The molecule has 2 N–H and O–H groups in total. The van der Waals surface area contributed by atoms with Gasteiger partial charge in [-0.05, 0) is 19.4 Å². The molecule has 4 heteroatoms. The van der Waals surface area contributed by atoms with Gasteiger partial charge in [-0.25, -0.2) is 4.39 Å². The predicted octanol–water partition coefficient (Wildman–Crippen LogP) is 3.95. The van der Waals surface area contributed by atoms with E-state index in [-0.39, 0.29) is 17.5 Å². The molecule has 2 aromatic carbocycles. The summed E-state index contributed by atoms with van der Waals surface area (Å²) in [6.45, 7) is 4.09.